The molecule has 0 heterocycles. The molecule has 0 spiro atoms. The zero-order valence-corrected chi connectivity index (χ0v) is 5.28. The van der Waals surface area contributed by atoms with Crippen molar-refractivity contribution in [2.24, 2.45) is 10.8 Å². The van der Waals surface area contributed by atoms with E-state index in [9.17, 15) is 0 Å². The first kappa shape index (κ1) is 4.95. The molecule has 0 aromatic rings. The average Bonchev–Trinajstić information content (AvgIpc) is 1.62. The van der Waals surface area contributed by atoms with Crippen LogP contribution in [0, 0.1) is 35.5 Å². The monoisotopic (exact) mass is 116 g/mol. The number of rotatable bonds is 0. The second kappa shape index (κ2) is 1.03. The van der Waals surface area contributed by atoms with Crippen LogP contribution >= 0.6 is 0 Å². The number of hydrogen-bond acceptors (Lipinski definition) is 0. The third-order valence-electron chi connectivity index (χ3n) is 2.64. The Morgan fingerprint density at radius 3 is 1.44 bits per heavy atom. The molecule has 3 fully saturated rings. The van der Waals surface area contributed by atoms with Crippen molar-refractivity contribution in [3.05, 3.63) is 0 Å². The third-order valence-corrected chi connectivity index (χ3v) is 2.64. The zero-order chi connectivity index (χ0) is 6.54. The lowest BCUT2D eigenvalue weighted by molar-refractivity contribution is -0.113. The van der Waals surface area contributed by atoms with Gasteiger partial charge in [0.15, 0.2) is 0 Å². The van der Waals surface area contributed by atoms with Gasteiger partial charge in [-0.2, -0.15) is 0 Å². The van der Waals surface area contributed by atoms with Crippen molar-refractivity contribution in [1.29, 1.82) is 0 Å². The van der Waals surface area contributed by atoms with Crippen molar-refractivity contribution in [2.75, 3.05) is 0 Å². The van der Waals surface area contributed by atoms with E-state index < -0.39 is 0 Å². The van der Waals surface area contributed by atoms with E-state index in [1.807, 2.05) is 0 Å². The van der Waals surface area contributed by atoms with Gasteiger partial charge < -0.3 is 0 Å². The minimum atomic E-state index is 0.256. The molecule has 0 aromatic heterocycles. The summed E-state index contributed by atoms with van der Waals surface area (Å²) < 4.78 is 0. The summed E-state index contributed by atoms with van der Waals surface area (Å²) in [6, 6.07) is 0. The lowest BCUT2D eigenvalue weighted by atomic mass is 9.36. The maximum atomic E-state index is 5.30. The highest BCUT2D eigenvalue weighted by Crippen LogP contribution is 2.72. The van der Waals surface area contributed by atoms with E-state index in [-0.39, 0.29) is 10.8 Å². The predicted octanol–water partition coefficient (Wildman–Crippen LogP) is 1.42. The highest BCUT2D eigenvalue weighted by Gasteiger charge is 2.66. The molecule has 3 aliphatic rings. The van der Waals surface area contributed by atoms with Gasteiger partial charge in [0.05, 0.1) is 0 Å². The quantitative estimate of drug-likeness (QED) is 0.420. The molecule has 0 unspecified atom stereocenters. The molecule has 0 radical (unpaired) electrons. The van der Waals surface area contributed by atoms with Gasteiger partial charge in [-0.1, -0.05) is 11.8 Å². The van der Waals surface area contributed by atoms with Crippen molar-refractivity contribution < 1.29 is 0 Å². The molecule has 0 aromatic carbocycles. The average molecular weight is 116 g/mol. The predicted molar refractivity (Wildman–Crippen MR) is 36.4 cm³/mol. The molecular formula is C9H8. The second-order valence-corrected chi connectivity index (χ2v) is 3.38. The summed E-state index contributed by atoms with van der Waals surface area (Å²) in [6.07, 6.45) is 13.9. The largest absolute Gasteiger partial charge is 0.120 e. The van der Waals surface area contributed by atoms with Gasteiger partial charge >= 0.3 is 0 Å². The first-order valence-corrected chi connectivity index (χ1v) is 3.20. The second-order valence-electron chi connectivity index (χ2n) is 3.38. The highest BCUT2D eigenvalue weighted by molar-refractivity contribution is 5.35. The van der Waals surface area contributed by atoms with Crippen LogP contribution in [-0.2, 0) is 0 Å². The van der Waals surface area contributed by atoms with E-state index in [1.165, 1.54) is 0 Å². The molecule has 44 valence electrons. The zero-order valence-electron chi connectivity index (χ0n) is 5.28. The highest BCUT2D eigenvalue weighted by atomic mass is 14.7. The Hall–Kier alpha value is -0.880. The molecule has 0 nitrogen and oxygen atoms in total. The van der Waals surface area contributed by atoms with Crippen LogP contribution < -0.4 is 0 Å². The fourth-order valence-corrected chi connectivity index (χ4v) is 2.09. The Morgan fingerprint density at radius 1 is 0.889 bits per heavy atom. The van der Waals surface area contributed by atoms with E-state index in [0.717, 1.165) is 19.3 Å². The van der Waals surface area contributed by atoms with Crippen molar-refractivity contribution in [3.8, 4) is 24.7 Å². The summed E-state index contributed by atoms with van der Waals surface area (Å²) in [5.41, 5.74) is 0.513. The summed E-state index contributed by atoms with van der Waals surface area (Å²) in [6.45, 7) is 0. The Labute approximate surface area is 55.6 Å². The molecule has 0 heteroatoms. The Morgan fingerprint density at radius 2 is 1.22 bits per heavy atom. The number of hydrogen-bond donors (Lipinski definition) is 0. The van der Waals surface area contributed by atoms with Gasteiger partial charge in [-0.15, -0.1) is 12.8 Å². The standard InChI is InChI=1S/C9H8/c1-3-8-5-9(4-2,6-8)7-8/h1-2H,5-7H2. The van der Waals surface area contributed by atoms with Gasteiger partial charge in [-0.3, -0.25) is 0 Å². The molecular weight excluding hydrogens is 108 g/mol. The van der Waals surface area contributed by atoms with Crippen LogP contribution in [0.4, 0.5) is 0 Å². The fraction of sp³-hybridized carbons (Fsp3) is 0.556. The lowest BCUT2D eigenvalue weighted by Crippen LogP contribution is -2.59. The summed E-state index contributed by atoms with van der Waals surface area (Å²) in [4.78, 5) is 0. The summed E-state index contributed by atoms with van der Waals surface area (Å²) in [7, 11) is 0. The van der Waals surface area contributed by atoms with Gasteiger partial charge in [-0.05, 0) is 19.3 Å². The van der Waals surface area contributed by atoms with E-state index in [2.05, 4.69) is 11.8 Å². The third kappa shape index (κ3) is 0.349. The van der Waals surface area contributed by atoms with Crippen LogP contribution in [0.25, 0.3) is 0 Å². The first-order chi connectivity index (χ1) is 4.24. The van der Waals surface area contributed by atoms with Crippen LogP contribution in [0.2, 0.25) is 0 Å². The minimum Gasteiger partial charge on any atom is -0.120 e. The summed E-state index contributed by atoms with van der Waals surface area (Å²) >= 11 is 0. The molecule has 0 amide bonds. The molecule has 3 aliphatic carbocycles. The molecule has 3 rings (SSSR count). The van der Waals surface area contributed by atoms with E-state index >= 15 is 0 Å². The first-order valence-electron chi connectivity index (χ1n) is 3.20. The molecule has 0 atom stereocenters. The molecule has 0 aliphatic heterocycles. The van der Waals surface area contributed by atoms with Crippen molar-refractivity contribution in [3.63, 3.8) is 0 Å². The van der Waals surface area contributed by atoms with Crippen LogP contribution in [0.3, 0.4) is 0 Å². The van der Waals surface area contributed by atoms with Gasteiger partial charge in [0.25, 0.3) is 0 Å². The van der Waals surface area contributed by atoms with Gasteiger partial charge in [-0.25, -0.2) is 0 Å². The Bertz CT molecular complexity index is 190. The van der Waals surface area contributed by atoms with Gasteiger partial charge in [0, 0.05) is 10.8 Å². The van der Waals surface area contributed by atoms with Crippen LogP contribution in [-0.4, -0.2) is 0 Å². The van der Waals surface area contributed by atoms with Crippen LogP contribution in [0.15, 0.2) is 0 Å². The normalized spacial score (nSPS) is 51.8. The van der Waals surface area contributed by atoms with Gasteiger partial charge in [0.1, 0.15) is 0 Å². The van der Waals surface area contributed by atoms with E-state index in [4.69, 9.17) is 12.8 Å². The smallest absolute Gasteiger partial charge is 0.0355 e. The molecule has 0 N–H and O–H groups in total. The maximum absolute atomic E-state index is 5.30. The van der Waals surface area contributed by atoms with Crippen molar-refractivity contribution in [1.82, 2.24) is 0 Å². The Kier molecular flexibility index (Phi) is 0.564. The van der Waals surface area contributed by atoms with Crippen molar-refractivity contribution in [2.45, 2.75) is 19.3 Å². The summed E-state index contributed by atoms with van der Waals surface area (Å²) in [5, 5.41) is 0. The van der Waals surface area contributed by atoms with E-state index in [1.54, 1.807) is 0 Å². The molecule has 0 saturated heterocycles. The summed E-state index contributed by atoms with van der Waals surface area (Å²) in [5.74, 6) is 5.61. The SMILES string of the molecule is C#CC12CC(C#C)(C1)C2. The topological polar surface area (TPSA) is 0 Å². The molecule has 3 saturated carbocycles. The fourth-order valence-electron chi connectivity index (χ4n) is 2.09. The molecule has 2 bridgehead atoms. The van der Waals surface area contributed by atoms with Crippen LogP contribution in [0.5, 0.6) is 0 Å². The number of terminal acetylenes is 2. The van der Waals surface area contributed by atoms with Crippen molar-refractivity contribution >= 4 is 0 Å². The van der Waals surface area contributed by atoms with E-state index in [0.29, 0.717) is 0 Å². The van der Waals surface area contributed by atoms with Crippen LogP contribution in [0.1, 0.15) is 19.3 Å². The Balaban J connectivity index is 2.17. The maximum Gasteiger partial charge on any atom is 0.0355 e. The van der Waals surface area contributed by atoms with Gasteiger partial charge in [0.2, 0.25) is 0 Å². The minimum absolute atomic E-state index is 0.256. The lowest BCUT2D eigenvalue weighted by Gasteiger charge is -2.65. The molecule has 9 heavy (non-hydrogen) atoms.